The topological polar surface area (TPSA) is 96.7 Å². The normalized spacial score (nSPS) is 11.6. The molecule has 2 N–H and O–H groups in total. The van der Waals surface area contributed by atoms with E-state index in [9.17, 15) is 14.3 Å². The maximum atomic E-state index is 12.9. The van der Waals surface area contributed by atoms with Crippen LogP contribution in [0.25, 0.3) is 5.76 Å². The summed E-state index contributed by atoms with van der Waals surface area (Å²) in [5.41, 5.74) is 1.23. The van der Waals surface area contributed by atoms with E-state index in [-0.39, 0.29) is 17.4 Å². The molecule has 2 aromatic heterocycles. The van der Waals surface area contributed by atoms with Crippen LogP contribution >= 0.6 is 0 Å². The van der Waals surface area contributed by atoms with Crippen LogP contribution in [0.4, 0.5) is 4.39 Å². The number of aromatic amines is 1. The zero-order valence-corrected chi connectivity index (χ0v) is 11.8. The van der Waals surface area contributed by atoms with Crippen molar-refractivity contribution in [1.82, 2.24) is 25.2 Å². The maximum Gasteiger partial charge on any atom is 0.239 e. The van der Waals surface area contributed by atoms with E-state index in [4.69, 9.17) is 0 Å². The molecule has 0 spiro atoms. The Morgan fingerprint density at radius 1 is 1.30 bits per heavy atom. The van der Waals surface area contributed by atoms with E-state index >= 15 is 0 Å². The largest absolute Gasteiger partial charge is 0.504 e. The highest BCUT2D eigenvalue weighted by atomic mass is 19.1. The van der Waals surface area contributed by atoms with Gasteiger partial charge in [0.1, 0.15) is 5.82 Å². The summed E-state index contributed by atoms with van der Waals surface area (Å²) in [6.45, 7) is 0.408. The molecule has 8 heteroatoms. The fraction of sp³-hybridized carbons (Fsp3) is 0.0667. The number of carbonyl (C=O) groups is 1. The Hall–Kier alpha value is -3.29. The van der Waals surface area contributed by atoms with Crippen molar-refractivity contribution in [3.63, 3.8) is 0 Å². The average molecular weight is 313 g/mol. The van der Waals surface area contributed by atoms with E-state index in [1.165, 1.54) is 12.1 Å². The fourth-order valence-electron chi connectivity index (χ4n) is 2.10. The highest BCUT2D eigenvalue weighted by Crippen LogP contribution is 2.12. The zero-order valence-electron chi connectivity index (χ0n) is 11.8. The van der Waals surface area contributed by atoms with Gasteiger partial charge in [-0.15, -0.1) is 10.2 Å². The van der Waals surface area contributed by atoms with Crippen molar-refractivity contribution in [2.24, 2.45) is 0 Å². The van der Waals surface area contributed by atoms with E-state index in [0.29, 0.717) is 12.2 Å². The third-order valence-electron chi connectivity index (χ3n) is 3.19. The third-order valence-corrected chi connectivity index (χ3v) is 3.19. The van der Waals surface area contributed by atoms with Crippen molar-refractivity contribution in [3.8, 4) is 0 Å². The van der Waals surface area contributed by atoms with Gasteiger partial charge >= 0.3 is 0 Å². The molecule has 0 radical (unpaired) electrons. The summed E-state index contributed by atoms with van der Waals surface area (Å²) in [7, 11) is 0. The van der Waals surface area contributed by atoms with Crippen molar-refractivity contribution in [3.05, 3.63) is 71.6 Å². The van der Waals surface area contributed by atoms with E-state index in [2.05, 4.69) is 20.6 Å². The first-order valence-corrected chi connectivity index (χ1v) is 6.72. The van der Waals surface area contributed by atoms with Crippen LogP contribution in [0, 0.1) is 5.82 Å². The Bertz CT molecular complexity index is 837. The van der Waals surface area contributed by atoms with Gasteiger partial charge in [-0.1, -0.05) is 12.1 Å². The van der Waals surface area contributed by atoms with Crippen LogP contribution in [-0.2, 0) is 6.54 Å². The number of allylic oxidation sites excluding steroid dienone is 1. The predicted molar refractivity (Wildman–Crippen MR) is 79.0 cm³/mol. The number of carbonyl (C=O) groups excluding carboxylic acids is 1. The van der Waals surface area contributed by atoms with Gasteiger partial charge < -0.3 is 9.67 Å². The predicted octanol–water partition coefficient (Wildman–Crippen LogP) is 1.97. The second kappa shape index (κ2) is 6.22. The number of nitrogens with one attached hydrogen (secondary N) is 1. The van der Waals surface area contributed by atoms with Gasteiger partial charge in [0, 0.05) is 18.8 Å². The molecule has 116 valence electrons. The Morgan fingerprint density at radius 2 is 2.09 bits per heavy atom. The lowest BCUT2D eigenvalue weighted by molar-refractivity contribution is 0.103. The van der Waals surface area contributed by atoms with Crippen LogP contribution < -0.4 is 0 Å². The number of H-pyrrole nitrogens is 1. The Morgan fingerprint density at radius 3 is 2.78 bits per heavy atom. The third kappa shape index (κ3) is 3.31. The van der Waals surface area contributed by atoms with E-state index < -0.39 is 5.78 Å². The minimum Gasteiger partial charge on any atom is -0.504 e. The van der Waals surface area contributed by atoms with Gasteiger partial charge in [0.25, 0.3) is 0 Å². The number of benzene rings is 1. The van der Waals surface area contributed by atoms with Crippen LogP contribution in [0.3, 0.4) is 0 Å². The molecule has 0 amide bonds. The molecule has 1 aromatic carbocycles. The summed E-state index contributed by atoms with van der Waals surface area (Å²) in [6, 6.07) is 9.37. The minimum absolute atomic E-state index is 0.0602. The first-order chi connectivity index (χ1) is 11.1. The number of hydrogen-bond donors (Lipinski definition) is 2. The number of tetrazole rings is 1. The molecule has 0 atom stereocenters. The Kier molecular flexibility index (Phi) is 3.96. The van der Waals surface area contributed by atoms with Crippen molar-refractivity contribution >= 4 is 11.5 Å². The molecular formula is C15H12FN5O2. The fourth-order valence-corrected chi connectivity index (χ4v) is 2.10. The summed E-state index contributed by atoms with van der Waals surface area (Å²) < 4.78 is 14.6. The minimum atomic E-state index is -0.403. The monoisotopic (exact) mass is 313 g/mol. The summed E-state index contributed by atoms with van der Waals surface area (Å²) >= 11 is 0. The molecule has 0 aliphatic carbocycles. The number of hydrogen-bond acceptors (Lipinski definition) is 5. The highest BCUT2D eigenvalue weighted by Gasteiger charge is 2.13. The van der Waals surface area contributed by atoms with Gasteiger partial charge in [-0.05, 0) is 35.0 Å². The van der Waals surface area contributed by atoms with Crippen LogP contribution in [0.5, 0.6) is 0 Å². The molecule has 0 aliphatic heterocycles. The second-order valence-corrected chi connectivity index (χ2v) is 4.78. The standard InChI is InChI=1S/C15H12FN5O2/c16-11-5-3-10(4-6-11)9-21-7-1-2-12(21)13(22)8-14(23)15-17-19-20-18-15/h1-8,23H,9H2,(H,17,18,19,20)/b14-8+. The van der Waals surface area contributed by atoms with Gasteiger partial charge in [-0.2, -0.15) is 5.21 Å². The molecule has 3 aromatic rings. The lowest BCUT2D eigenvalue weighted by atomic mass is 10.2. The smallest absolute Gasteiger partial charge is 0.239 e. The highest BCUT2D eigenvalue weighted by molar-refractivity contribution is 6.06. The van der Waals surface area contributed by atoms with Crippen molar-refractivity contribution in [2.45, 2.75) is 6.54 Å². The molecule has 0 saturated carbocycles. The van der Waals surface area contributed by atoms with Crippen molar-refractivity contribution in [1.29, 1.82) is 0 Å². The van der Waals surface area contributed by atoms with E-state index in [1.54, 1.807) is 35.0 Å². The van der Waals surface area contributed by atoms with Gasteiger partial charge in [0.15, 0.2) is 5.76 Å². The SMILES string of the molecule is O=C(/C=C(/O)c1nn[nH]n1)c1cccn1Cc1ccc(F)cc1. The summed E-state index contributed by atoms with van der Waals surface area (Å²) in [4.78, 5) is 12.3. The molecule has 2 heterocycles. The van der Waals surface area contributed by atoms with Gasteiger partial charge in [0.2, 0.25) is 11.6 Å². The number of ketones is 1. The summed E-state index contributed by atoms with van der Waals surface area (Å²) in [5.74, 6) is -1.15. The van der Waals surface area contributed by atoms with Gasteiger partial charge in [0.05, 0.1) is 5.69 Å². The van der Waals surface area contributed by atoms with E-state index in [1.807, 2.05) is 0 Å². The van der Waals surface area contributed by atoms with Crippen LogP contribution in [0.2, 0.25) is 0 Å². The number of aromatic nitrogens is 5. The summed E-state index contributed by atoms with van der Waals surface area (Å²) in [5, 5.41) is 22.5. The zero-order chi connectivity index (χ0) is 16.2. The lowest BCUT2D eigenvalue weighted by Crippen LogP contribution is -2.08. The Balaban J connectivity index is 1.81. The van der Waals surface area contributed by atoms with E-state index in [0.717, 1.165) is 11.6 Å². The number of aliphatic hydroxyl groups is 1. The van der Waals surface area contributed by atoms with Crippen LogP contribution in [-0.4, -0.2) is 36.1 Å². The van der Waals surface area contributed by atoms with Crippen molar-refractivity contribution < 1.29 is 14.3 Å². The molecule has 7 nitrogen and oxygen atoms in total. The number of nitrogens with zero attached hydrogens (tertiary/aromatic N) is 4. The number of aliphatic hydroxyl groups excluding tert-OH is 1. The average Bonchev–Trinajstić information content (AvgIpc) is 3.20. The van der Waals surface area contributed by atoms with Gasteiger partial charge in [-0.25, -0.2) is 4.39 Å². The van der Waals surface area contributed by atoms with Crippen LogP contribution in [0.15, 0.2) is 48.7 Å². The molecule has 0 aliphatic rings. The Labute approximate surface area is 130 Å². The number of rotatable bonds is 5. The molecule has 0 bridgehead atoms. The van der Waals surface area contributed by atoms with Crippen molar-refractivity contribution in [2.75, 3.05) is 0 Å². The molecular weight excluding hydrogens is 301 g/mol. The molecule has 23 heavy (non-hydrogen) atoms. The quantitative estimate of drug-likeness (QED) is 0.426. The molecule has 0 fully saturated rings. The number of halogens is 1. The van der Waals surface area contributed by atoms with Crippen LogP contribution in [0.1, 0.15) is 21.9 Å². The lowest BCUT2D eigenvalue weighted by Gasteiger charge is -2.07. The molecule has 0 saturated heterocycles. The summed E-state index contributed by atoms with van der Waals surface area (Å²) in [6.07, 6.45) is 2.76. The molecule has 3 rings (SSSR count). The maximum absolute atomic E-state index is 12.9. The molecule has 0 unspecified atom stereocenters. The first-order valence-electron chi connectivity index (χ1n) is 6.72. The first kappa shape index (κ1) is 14.6. The second-order valence-electron chi connectivity index (χ2n) is 4.78. The van der Waals surface area contributed by atoms with Gasteiger partial charge in [-0.3, -0.25) is 4.79 Å².